The van der Waals surface area contributed by atoms with Crippen LogP contribution >= 0.6 is 0 Å². The van der Waals surface area contributed by atoms with Crippen LogP contribution in [0.4, 0.5) is 9.59 Å². The molecule has 1 aromatic rings. The molecule has 0 radical (unpaired) electrons. The van der Waals surface area contributed by atoms with Crippen molar-refractivity contribution in [3.8, 4) is 0 Å². The first-order chi connectivity index (χ1) is 15.8. The molecule has 1 saturated heterocycles. The van der Waals surface area contributed by atoms with Crippen LogP contribution in [0.1, 0.15) is 66.4 Å². The summed E-state index contributed by atoms with van der Waals surface area (Å²) in [7, 11) is 0. The number of aromatic nitrogens is 1. The van der Waals surface area contributed by atoms with Gasteiger partial charge in [0.15, 0.2) is 0 Å². The average molecular weight is 477 g/mol. The summed E-state index contributed by atoms with van der Waals surface area (Å²) in [6.07, 6.45) is 4.69. The molecule has 1 fully saturated rings. The quantitative estimate of drug-likeness (QED) is 0.598. The topological polar surface area (TPSA) is 101 Å². The summed E-state index contributed by atoms with van der Waals surface area (Å²) in [4.78, 5) is 45.1. The predicted molar refractivity (Wildman–Crippen MR) is 129 cm³/mol. The third-order valence-electron chi connectivity index (χ3n) is 5.10. The summed E-state index contributed by atoms with van der Waals surface area (Å²) < 4.78 is 11.0. The van der Waals surface area contributed by atoms with Crippen molar-refractivity contribution in [1.29, 1.82) is 0 Å². The number of piperidine rings is 1. The fraction of sp³-hybridized carbons (Fsp3) is 0.680. The lowest BCUT2D eigenvalue weighted by Crippen LogP contribution is -2.47. The highest BCUT2D eigenvalue weighted by molar-refractivity contribution is 5.80. The van der Waals surface area contributed by atoms with E-state index in [9.17, 15) is 14.4 Å². The van der Waals surface area contributed by atoms with Crippen LogP contribution in [0.25, 0.3) is 0 Å². The van der Waals surface area contributed by atoms with E-state index < -0.39 is 17.3 Å². The molecule has 1 aliphatic rings. The van der Waals surface area contributed by atoms with E-state index >= 15 is 0 Å². The van der Waals surface area contributed by atoms with E-state index in [4.69, 9.17) is 9.47 Å². The van der Waals surface area contributed by atoms with Crippen molar-refractivity contribution in [2.75, 3.05) is 26.2 Å². The summed E-state index contributed by atoms with van der Waals surface area (Å²) in [5, 5.41) is 2.96. The number of hydrogen-bond acceptors (Lipinski definition) is 6. The lowest BCUT2D eigenvalue weighted by atomic mass is 9.97. The fourth-order valence-corrected chi connectivity index (χ4v) is 3.58. The molecule has 2 heterocycles. The summed E-state index contributed by atoms with van der Waals surface area (Å²) in [5.74, 6) is -0.344. The number of amides is 3. The van der Waals surface area contributed by atoms with Crippen LogP contribution in [0.3, 0.4) is 0 Å². The van der Waals surface area contributed by atoms with Gasteiger partial charge in [-0.3, -0.25) is 9.78 Å². The van der Waals surface area contributed by atoms with Crippen LogP contribution < -0.4 is 5.32 Å². The summed E-state index contributed by atoms with van der Waals surface area (Å²) in [5.41, 5.74) is -0.261. The molecule has 190 valence electrons. The number of hydrogen-bond donors (Lipinski definition) is 1. The van der Waals surface area contributed by atoms with Crippen molar-refractivity contribution in [2.24, 2.45) is 5.92 Å². The third-order valence-corrected chi connectivity index (χ3v) is 5.10. The Morgan fingerprint density at radius 3 is 2.47 bits per heavy atom. The van der Waals surface area contributed by atoms with Gasteiger partial charge in [-0.15, -0.1) is 0 Å². The highest BCUT2D eigenvalue weighted by atomic mass is 16.6. The van der Waals surface area contributed by atoms with E-state index in [1.807, 2.05) is 53.7 Å². The van der Waals surface area contributed by atoms with E-state index in [1.165, 1.54) is 0 Å². The maximum atomic E-state index is 12.7. The predicted octanol–water partition coefficient (Wildman–Crippen LogP) is 3.97. The van der Waals surface area contributed by atoms with Gasteiger partial charge in [0.25, 0.3) is 0 Å². The number of nitrogens with zero attached hydrogens (tertiary/aromatic N) is 3. The first kappa shape index (κ1) is 27.4. The number of likely N-dealkylation sites (tertiary alicyclic amines) is 1. The minimum Gasteiger partial charge on any atom is -0.444 e. The lowest BCUT2D eigenvalue weighted by molar-refractivity contribution is -0.126. The van der Waals surface area contributed by atoms with Crippen LogP contribution in [0, 0.1) is 5.92 Å². The van der Waals surface area contributed by atoms with Gasteiger partial charge in [-0.2, -0.15) is 0 Å². The Labute approximate surface area is 203 Å². The molecular formula is C25H40N4O5. The minimum absolute atomic E-state index is 0.0793. The highest BCUT2D eigenvalue weighted by Crippen LogP contribution is 2.19. The molecule has 34 heavy (non-hydrogen) atoms. The largest absolute Gasteiger partial charge is 0.444 e. The van der Waals surface area contributed by atoms with Crippen molar-refractivity contribution in [3.63, 3.8) is 0 Å². The molecule has 1 aliphatic heterocycles. The van der Waals surface area contributed by atoms with Gasteiger partial charge in [0.05, 0.1) is 12.5 Å². The molecule has 0 spiro atoms. The van der Waals surface area contributed by atoms with Crippen LogP contribution in [0.15, 0.2) is 24.5 Å². The first-order valence-corrected chi connectivity index (χ1v) is 12.0. The molecule has 1 aromatic heterocycles. The standard InChI is InChI=1S/C25H40N4O5/c1-24(2,3)33-22(31)28(17-19-10-7-12-26-16-19)15-9-13-27-21(30)20-11-8-14-29(18-20)23(32)34-25(4,5)6/h7,10,12,16,20H,8-9,11,13-15,17-18H2,1-6H3,(H,27,30). The van der Waals surface area contributed by atoms with Crippen molar-refractivity contribution in [1.82, 2.24) is 20.1 Å². The number of carbonyl (C=O) groups excluding carboxylic acids is 3. The molecule has 0 aromatic carbocycles. The summed E-state index contributed by atoms with van der Waals surface area (Å²) >= 11 is 0. The Bertz CT molecular complexity index is 817. The zero-order valence-corrected chi connectivity index (χ0v) is 21.4. The third kappa shape index (κ3) is 9.97. The normalized spacial score (nSPS) is 16.5. The lowest BCUT2D eigenvalue weighted by Gasteiger charge is -2.33. The Balaban J connectivity index is 1.84. The number of carbonyl (C=O) groups is 3. The van der Waals surface area contributed by atoms with Crippen LogP contribution in [-0.4, -0.2) is 70.3 Å². The van der Waals surface area contributed by atoms with Gasteiger partial charge in [-0.25, -0.2) is 9.59 Å². The maximum absolute atomic E-state index is 12.7. The minimum atomic E-state index is -0.598. The van der Waals surface area contributed by atoms with Gasteiger partial charge in [0, 0.05) is 38.6 Å². The summed E-state index contributed by atoms with van der Waals surface area (Å²) in [6.45, 7) is 13.2. The van der Waals surface area contributed by atoms with E-state index in [2.05, 4.69) is 10.3 Å². The van der Waals surface area contributed by atoms with Gasteiger partial charge in [0.2, 0.25) is 5.91 Å². The number of nitrogens with one attached hydrogen (secondary N) is 1. The van der Waals surface area contributed by atoms with Gasteiger partial charge in [-0.1, -0.05) is 6.07 Å². The second-order valence-electron chi connectivity index (χ2n) is 10.7. The van der Waals surface area contributed by atoms with Crippen molar-refractivity contribution < 1.29 is 23.9 Å². The van der Waals surface area contributed by atoms with Gasteiger partial charge >= 0.3 is 12.2 Å². The van der Waals surface area contributed by atoms with Crippen molar-refractivity contribution in [3.05, 3.63) is 30.1 Å². The van der Waals surface area contributed by atoms with E-state index in [0.717, 1.165) is 18.4 Å². The van der Waals surface area contributed by atoms with E-state index in [0.29, 0.717) is 39.1 Å². The Kier molecular flexibility index (Phi) is 9.70. The van der Waals surface area contributed by atoms with Gasteiger partial charge in [-0.05, 0) is 72.4 Å². The molecule has 9 heteroatoms. The van der Waals surface area contributed by atoms with Gasteiger partial charge < -0.3 is 24.6 Å². The van der Waals surface area contributed by atoms with Crippen LogP contribution in [-0.2, 0) is 20.8 Å². The maximum Gasteiger partial charge on any atom is 0.410 e. The molecule has 0 aliphatic carbocycles. The number of rotatable bonds is 7. The molecule has 9 nitrogen and oxygen atoms in total. The van der Waals surface area contributed by atoms with E-state index in [-0.39, 0.29) is 17.9 Å². The SMILES string of the molecule is CC(C)(C)OC(=O)N(CCCNC(=O)C1CCCN(C(=O)OC(C)(C)C)C1)Cc1cccnc1. The molecule has 0 bridgehead atoms. The second kappa shape index (κ2) is 12.0. The zero-order valence-electron chi connectivity index (χ0n) is 21.4. The first-order valence-electron chi connectivity index (χ1n) is 12.0. The molecule has 1 unspecified atom stereocenters. The zero-order chi connectivity index (χ0) is 25.4. The Hall–Kier alpha value is -2.84. The molecule has 1 atom stereocenters. The van der Waals surface area contributed by atoms with Crippen LogP contribution in [0.2, 0.25) is 0 Å². The highest BCUT2D eigenvalue weighted by Gasteiger charge is 2.31. The molecular weight excluding hydrogens is 436 g/mol. The molecule has 2 rings (SSSR count). The van der Waals surface area contributed by atoms with Crippen molar-refractivity contribution >= 4 is 18.1 Å². The average Bonchev–Trinajstić information content (AvgIpc) is 2.74. The Morgan fingerprint density at radius 2 is 1.85 bits per heavy atom. The second-order valence-corrected chi connectivity index (χ2v) is 10.7. The number of ether oxygens (including phenoxy) is 2. The Morgan fingerprint density at radius 1 is 1.15 bits per heavy atom. The summed E-state index contributed by atoms with van der Waals surface area (Å²) in [6, 6.07) is 3.74. The van der Waals surface area contributed by atoms with E-state index in [1.54, 1.807) is 22.2 Å². The number of pyridine rings is 1. The monoisotopic (exact) mass is 476 g/mol. The fourth-order valence-electron chi connectivity index (χ4n) is 3.58. The molecule has 3 amide bonds. The molecule has 0 saturated carbocycles. The van der Waals surface area contributed by atoms with Crippen molar-refractivity contribution in [2.45, 2.75) is 78.6 Å². The van der Waals surface area contributed by atoms with Crippen LogP contribution in [0.5, 0.6) is 0 Å². The smallest absolute Gasteiger partial charge is 0.410 e. The van der Waals surface area contributed by atoms with Gasteiger partial charge in [0.1, 0.15) is 11.2 Å². The molecule has 1 N–H and O–H groups in total.